The number of nitrogens with zero attached hydrogens (tertiary/aromatic N) is 4. The molecular formula is C21H18Cl2N4O3. The van der Waals surface area contributed by atoms with E-state index in [9.17, 15) is 9.59 Å². The van der Waals surface area contributed by atoms with Crippen LogP contribution >= 0.6 is 23.2 Å². The first-order valence-electron chi connectivity index (χ1n) is 9.12. The standard InChI is InChI=1S/C21H18Cl2N4O3/c1-25-18-17(19(28)26(2)21(25)29)27(12-13-6-8-15(23)9-7-13)20(24-18)30-16-5-3-4-14(10-16)11-22/h3-10H,11-12H2,1-2H3. The van der Waals surface area contributed by atoms with Crippen LogP contribution in [0.2, 0.25) is 5.02 Å². The average molecular weight is 445 g/mol. The average Bonchev–Trinajstić information content (AvgIpc) is 3.10. The number of aryl methyl sites for hydroxylation is 1. The van der Waals surface area contributed by atoms with Gasteiger partial charge in [-0.1, -0.05) is 35.9 Å². The van der Waals surface area contributed by atoms with Crippen LogP contribution in [0.25, 0.3) is 11.2 Å². The van der Waals surface area contributed by atoms with Crippen LogP contribution in [0, 0.1) is 0 Å². The Kier molecular flexibility index (Phi) is 5.40. The number of hydrogen-bond acceptors (Lipinski definition) is 4. The predicted molar refractivity (Wildman–Crippen MR) is 117 cm³/mol. The molecule has 4 rings (SSSR count). The van der Waals surface area contributed by atoms with Crippen molar-refractivity contribution in [2.24, 2.45) is 14.1 Å². The van der Waals surface area contributed by atoms with Gasteiger partial charge in [-0.15, -0.1) is 11.6 Å². The molecule has 0 aliphatic rings. The number of hydrogen-bond donors (Lipinski definition) is 0. The molecular weight excluding hydrogens is 427 g/mol. The highest BCUT2D eigenvalue weighted by atomic mass is 35.5. The highest BCUT2D eigenvalue weighted by Crippen LogP contribution is 2.26. The Morgan fingerprint density at radius 3 is 2.43 bits per heavy atom. The molecule has 2 aromatic carbocycles. The van der Waals surface area contributed by atoms with Gasteiger partial charge in [0.1, 0.15) is 5.75 Å². The van der Waals surface area contributed by atoms with E-state index in [4.69, 9.17) is 27.9 Å². The molecule has 0 aliphatic carbocycles. The maximum atomic E-state index is 12.9. The van der Waals surface area contributed by atoms with Crippen molar-refractivity contribution in [2.45, 2.75) is 12.4 Å². The first-order chi connectivity index (χ1) is 14.4. The van der Waals surface area contributed by atoms with Crippen molar-refractivity contribution in [2.75, 3.05) is 0 Å². The van der Waals surface area contributed by atoms with Crippen LogP contribution in [0.15, 0.2) is 58.1 Å². The third kappa shape index (κ3) is 3.62. The van der Waals surface area contributed by atoms with E-state index >= 15 is 0 Å². The quantitative estimate of drug-likeness (QED) is 0.440. The molecule has 154 valence electrons. The minimum Gasteiger partial charge on any atom is -0.425 e. The molecule has 0 aliphatic heterocycles. The van der Waals surface area contributed by atoms with Gasteiger partial charge >= 0.3 is 11.7 Å². The number of rotatable bonds is 5. The summed E-state index contributed by atoms with van der Waals surface area (Å²) in [5, 5.41) is 0.613. The van der Waals surface area contributed by atoms with Crippen LogP contribution in [0.1, 0.15) is 11.1 Å². The van der Waals surface area contributed by atoms with Crippen LogP contribution in [0.3, 0.4) is 0 Å². The second-order valence-electron chi connectivity index (χ2n) is 6.87. The topological polar surface area (TPSA) is 71.1 Å². The Hall–Kier alpha value is -3.03. The Morgan fingerprint density at radius 2 is 1.73 bits per heavy atom. The first-order valence-corrected chi connectivity index (χ1v) is 10.0. The summed E-state index contributed by atoms with van der Waals surface area (Å²) in [6.07, 6.45) is 0. The Bertz CT molecular complexity index is 1350. The monoisotopic (exact) mass is 444 g/mol. The SMILES string of the molecule is Cn1c(=O)c2c(nc(Oc3cccc(CCl)c3)n2Cc2ccc(Cl)cc2)n(C)c1=O. The molecule has 0 amide bonds. The van der Waals surface area contributed by atoms with Gasteiger partial charge in [-0.25, -0.2) is 4.79 Å². The Labute approximate surface area is 181 Å². The van der Waals surface area contributed by atoms with Crippen molar-refractivity contribution >= 4 is 34.4 Å². The summed E-state index contributed by atoms with van der Waals surface area (Å²) in [4.78, 5) is 29.8. The van der Waals surface area contributed by atoms with Crippen LogP contribution in [-0.2, 0) is 26.5 Å². The van der Waals surface area contributed by atoms with E-state index in [0.717, 1.165) is 15.7 Å². The number of halogens is 2. The zero-order valence-electron chi connectivity index (χ0n) is 16.3. The molecule has 7 nitrogen and oxygen atoms in total. The third-order valence-electron chi connectivity index (χ3n) is 4.83. The van der Waals surface area contributed by atoms with E-state index in [-0.39, 0.29) is 17.2 Å². The van der Waals surface area contributed by atoms with Crippen molar-refractivity contribution in [3.63, 3.8) is 0 Å². The van der Waals surface area contributed by atoms with Gasteiger partial charge in [-0.05, 0) is 35.4 Å². The fourth-order valence-corrected chi connectivity index (χ4v) is 3.51. The number of ether oxygens (including phenoxy) is 1. The van der Waals surface area contributed by atoms with E-state index in [0.29, 0.717) is 23.2 Å². The lowest BCUT2D eigenvalue weighted by atomic mass is 10.2. The molecule has 2 aromatic heterocycles. The zero-order chi connectivity index (χ0) is 21.4. The van der Waals surface area contributed by atoms with Gasteiger partial charge in [0.2, 0.25) is 0 Å². The molecule has 0 spiro atoms. The zero-order valence-corrected chi connectivity index (χ0v) is 17.8. The Morgan fingerprint density at radius 1 is 1.00 bits per heavy atom. The van der Waals surface area contributed by atoms with Gasteiger partial charge in [0.05, 0.1) is 6.54 Å². The number of imidazole rings is 1. The molecule has 0 N–H and O–H groups in total. The summed E-state index contributed by atoms with van der Waals surface area (Å²) in [5.74, 6) is 0.871. The predicted octanol–water partition coefficient (Wildman–Crippen LogP) is 3.67. The van der Waals surface area contributed by atoms with Crippen LogP contribution in [0.4, 0.5) is 0 Å². The minimum absolute atomic E-state index is 0.199. The van der Waals surface area contributed by atoms with Crippen molar-refractivity contribution in [1.29, 1.82) is 0 Å². The molecule has 9 heteroatoms. The lowest BCUT2D eigenvalue weighted by Gasteiger charge is -2.11. The highest BCUT2D eigenvalue weighted by molar-refractivity contribution is 6.30. The molecule has 0 saturated carbocycles. The number of alkyl halides is 1. The van der Waals surface area contributed by atoms with Gasteiger partial charge in [-0.3, -0.25) is 18.5 Å². The number of benzene rings is 2. The van der Waals surface area contributed by atoms with E-state index in [1.54, 1.807) is 35.9 Å². The lowest BCUT2D eigenvalue weighted by molar-refractivity contribution is 0.421. The summed E-state index contributed by atoms with van der Waals surface area (Å²) in [5.41, 5.74) is 1.41. The normalized spacial score (nSPS) is 11.2. The summed E-state index contributed by atoms with van der Waals surface area (Å²) < 4.78 is 10.1. The fraction of sp³-hybridized carbons (Fsp3) is 0.190. The third-order valence-corrected chi connectivity index (χ3v) is 5.39. The Balaban J connectivity index is 1.92. The van der Waals surface area contributed by atoms with E-state index in [2.05, 4.69) is 4.98 Å². The lowest BCUT2D eigenvalue weighted by Crippen LogP contribution is -2.37. The van der Waals surface area contributed by atoms with Crippen LogP contribution < -0.4 is 16.0 Å². The van der Waals surface area contributed by atoms with Crippen molar-refractivity contribution in [1.82, 2.24) is 18.7 Å². The number of fused-ring (bicyclic) bond motifs is 1. The largest absolute Gasteiger partial charge is 0.425 e. The van der Waals surface area contributed by atoms with E-state index in [1.807, 2.05) is 24.3 Å². The second kappa shape index (κ2) is 8.01. The molecule has 0 saturated heterocycles. The van der Waals surface area contributed by atoms with Gasteiger partial charge in [0.15, 0.2) is 11.2 Å². The first kappa shape index (κ1) is 20.3. The minimum atomic E-state index is -0.459. The van der Waals surface area contributed by atoms with Crippen LogP contribution in [0.5, 0.6) is 11.8 Å². The van der Waals surface area contributed by atoms with Gasteiger partial charge < -0.3 is 4.74 Å². The summed E-state index contributed by atoms with van der Waals surface area (Å²) in [6, 6.07) is 14.8. The molecule has 2 heterocycles. The van der Waals surface area contributed by atoms with Crippen molar-refractivity contribution in [3.8, 4) is 11.8 Å². The molecule has 0 atom stereocenters. The molecule has 0 fully saturated rings. The van der Waals surface area contributed by atoms with Gasteiger partial charge in [-0.2, -0.15) is 4.98 Å². The summed E-state index contributed by atoms with van der Waals surface area (Å²) >= 11 is 11.9. The maximum absolute atomic E-state index is 12.9. The molecule has 4 aromatic rings. The molecule has 0 radical (unpaired) electrons. The van der Waals surface area contributed by atoms with Crippen molar-refractivity contribution in [3.05, 3.63) is 85.5 Å². The van der Waals surface area contributed by atoms with Crippen molar-refractivity contribution < 1.29 is 4.74 Å². The van der Waals surface area contributed by atoms with E-state index < -0.39 is 11.2 Å². The van der Waals surface area contributed by atoms with Gasteiger partial charge in [0, 0.05) is 25.0 Å². The number of aromatic nitrogens is 4. The molecule has 0 bridgehead atoms. The molecule has 0 unspecified atom stereocenters. The summed E-state index contributed by atoms with van der Waals surface area (Å²) in [7, 11) is 3.01. The highest BCUT2D eigenvalue weighted by Gasteiger charge is 2.21. The molecule has 30 heavy (non-hydrogen) atoms. The maximum Gasteiger partial charge on any atom is 0.332 e. The smallest absolute Gasteiger partial charge is 0.332 e. The van der Waals surface area contributed by atoms with Gasteiger partial charge in [0.25, 0.3) is 5.56 Å². The van der Waals surface area contributed by atoms with Crippen LogP contribution in [-0.4, -0.2) is 18.7 Å². The second-order valence-corrected chi connectivity index (χ2v) is 7.57. The fourth-order valence-electron chi connectivity index (χ4n) is 3.22. The van der Waals surface area contributed by atoms with E-state index in [1.165, 1.54) is 11.6 Å². The summed E-state index contributed by atoms with van der Waals surface area (Å²) in [6.45, 7) is 0.311.